The van der Waals surface area contributed by atoms with Crippen LogP contribution in [0.25, 0.3) is 6.08 Å². The van der Waals surface area contributed by atoms with Crippen molar-refractivity contribution in [3.05, 3.63) is 53.1 Å². The fourth-order valence-corrected chi connectivity index (χ4v) is 2.98. The summed E-state index contributed by atoms with van der Waals surface area (Å²) in [7, 11) is 3.16. The quantitative estimate of drug-likeness (QED) is 0.395. The molecule has 2 rings (SSSR count). The first-order valence-corrected chi connectivity index (χ1v) is 10.6. The highest BCUT2D eigenvalue weighted by Crippen LogP contribution is 2.30. The number of nitrogens with one attached hydrogen (secondary N) is 1. The van der Waals surface area contributed by atoms with Crippen LogP contribution in [0.2, 0.25) is 0 Å². The van der Waals surface area contributed by atoms with Gasteiger partial charge in [-0.15, -0.1) is 0 Å². The number of methoxy groups -OCH3 is 2. The minimum atomic E-state index is -0.433. The molecule has 32 heavy (non-hydrogen) atoms. The van der Waals surface area contributed by atoms with E-state index < -0.39 is 5.91 Å². The second-order valence-electron chi connectivity index (χ2n) is 6.85. The Hall–Kier alpha value is -3.66. The molecule has 0 aliphatic heterocycles. The number of nitriles is 1. The number of carbonyl (C=O) groups is 1. The molecule has 0 radical (unpaired) electrons. The van der Waals surface area contributed by atoms with Crippen LogP contribution in [0.15, 0.2) is 42.0 Å². The van der Waals surface area contributed by atoms with Crippen LogP contribution in [0.4, 0.5) is 0 Å². The van der Waals surface area contributed by atoms with Gasteiger partial charge in [-0.2, -0.15) is 5.26 Å². The van der Waals surface area contributed by atoms with Crippen LogP contribution in [0.1, 0.15) is 31.4 Å². The molecule has 0 fully saturated rings. The third-order valence-corrected chi connectivity index (χ3v) is 4.55. The predicted octanol–water partition coefficient (Wildman–Crippen LogP) is 4.16. The average Bonchev–Trinajstić information content (AvgIpc) is 2.81. The monoisotopic (exact) mass is 438 g/mol. The first-order valence-electron chi connectivity index (χ1n) is 10.6. The van der Waals surface area contributed by atoms with Gasteiger partial charge in [0.2, 0.25) is 0 Å². The second kappa shape index (κ2) is 12.9. The maximum absolute atomic E-state index is 12.5. The summed E-state index contributed by atoms with van der Waals surface area (Å²) in [6, 6.07) is 12.9. The zero-order chi connectivity index (χ0) is 23.3. The van der Waals surface area contributed by atoms with Crippen LogP contribution in [0.3, 0.4) is 0 Å². The topological polar surface area (TPSA) is 89.8 Å². The third kappa shape index (κ3) is 6.95. The average molecular weight is 439 g/mol. The molecule has 0 aliphatic carbocycles. The molecule has 7 heteroatoms. The SMILES string of the molecule is CCCOc1ccc(/C=C(\C#N)C(=O)NCCc2ccc(OC)c(OC)c2)cc1OCC. The Bertz CT molecular complexity index is 979. The zero-order valence-electron chi connectivity index (χ0n) is 19.1. The van der Waals surface area contributed by atoms with E-state index in [0.29, 0.717) is 54.7 Å². The van der Waals surface area contributed by atoms with Gasteiger partial charge in [0.05, 0.1) is 27.4 Å². The first-order chi connectivity index (χ1) is 15.6. The van der Waals surface area contributed by atoms with Crippen molar-refractivity contribution in [2.24, 2.45) is 0 Å². The van der Waals surface area contributed by atoms with Gasteiger partial charge in [-0.3, -0.25) is 4.79 Å². The van der Waals surface area contributed by atoms with Crippen LogP contribution >= 0.6 is 0 Å². The molecule has 0 aliphatic rings. The van der Waals surface area contributed by atoms with Crippen LogP contribution in [0.5, 0.6) is 23.0 Å². The van der Waals surface area contributed by atoms with E-state index >= 15 is 0 Å². The number of carbonyl (C=O) groups excluding carboxylic acids is 1. The fourth-order valence-electron chi connectivity index (χ4n) is 2.98. The molecule has 0 spiro atoms. The van der Waals surface area contributed by atoms with Gasteiger partial charge in [0.1, 0.15) is 11.6 Å². The van der Waals surface area contributed by atoms with Crippen molar-refractivity contribution in [1.29, 1.82) is 5.26 Å². The zero-order valence-corrected chi connectivity index (χ0v) is 19.1. The molecule has 2 aromatic carbocycles. The van der Waals surface area contributed by atoms with Crippen molar-refractivity contribution in [3.8, 4) is 29.1 Å². The fraction of sp³-hybridized carbons (Fsp3) is 0.360. The molecule has 0 unspecified atom stereocenters. The summed E-state index contributed by atoms with van der Waals surface area (Å²) in [5.74, 6) is 2.07. The van der Waals surface area contributed by atoms with Gasteiger partial charge >= 0.3 is 0 Å². The van der Waals surface area contributed by atoms with Gasteiger partial charge in [0.25, 0.3) is 5.91 Å². The van der Waals surface area contributed by atoms with E-state index in [-0.39, 0.29) is 5.57 Å². The highest BCUT2D eigenvalue weighted by atomic mass is 16.5. The lowest BCUT2D eigenvalue weighted by molar-refractivity contribution is -0.117. The van der Waals surface area contributed by atoms with Gasteiger partial charge in [0.15, 0.2) is 23.0 Å². The van der Waals surface area contributed by atoms with Gasteiger partial charge in [-0.25, -0.2) is 0 Å². The Morgan fingerprint density at radius 2 is 1.75 bits per heavy atom. The Balaban J connectivity index is 2.05. The molecule has 0 saturated carbocycles. The van der Waals surface area contributed by atoms with E-state index in [1.165, 1.54) is 6.08 Å². The van der Waals surface area contributed by atoms with Crippen molar-refractivity contribution in [1.82, 2.24) is 5.32 Å². The van der Waals surface area contributed by atoms with Gasteiger partial charge in [-0.1, -0.05) is 19.1 Å². The number of hydrogen-bond acceptors (Lipinski definition) is 6. The lowest BCUT2D eigenvalue weighted by atomic mass is 10.1. The van der Waals surface area contributed by atoms with E-state index in [1.54, 1.807) is 32.4 Å². The molecule has 7 nitrogen and oxygen atoms in total. The smallest absolute Gasteiger partial charge is 0.261 e. The lowest BCUT2D eigenvalue weighted by Gasteiger charge is -2.12. The van der Waals surface area contributed by atoms with Gasteiger partial charge < -0.3 is 24.3 Å². The molecule has 170 valence electrons. The van der Waals surface area contributed by atoms with Gasteiger partial charge in [0, 0.05) is 6.54 Å². The van der Waals surface area contributed by atoms with E-state index in [0.717, 1.165) is 12.0 Å². The molecule has 0 saturated heterocycles. The minimum absolute atomic E-state index is 0.0157. The Morgan fingerprint density at radius 3 is 2.41 bits per heavy atom. The van der Waals surface area contributed by atoms with Crippen molar-refractivity contribution in [2.45, 2.75) is 26.7 Å². The minimum Gasteiger partial charge on any atom is -0.493 e. The predicted molar refractivity (Wildman–Crippen MR) is 123 cm³/mol. The number of hydrogen-bond donors (Lipinski definition) is 1. The number of ether oxygens (including phenoxy) is 4. The molecule has 2 aromatic rings. The Labute approximate surface area is 189 Å². The first kappa shape index (κ1) is 24.6. The summed E-state index contributed by atoms with van der Waals surface area (Å²) < 4.78 is 21.9. The van der Waals surface area contributed by atoms with Crippen molar-refractivity contribution in [3.63, 3.8) is 0 Å². The summed E-state index contributed by atoms with van der Waals surface area (Å²) in [6.45, 7) is 5.36. The summed E-state index contributed by atoms with van der Waals surface area (Å²) >= 11 is 0. The van der Waals surface area contributed by atoms with E-state index in [4.69, 9.17) is 18.9 Å². The van der Waals surface area contributed by atoms with E-state index in [9.17, 15) is 10.1 Å². The molecule has 0 heterocycles. The highest BCUT2D eigenvalue weighted by Gasteiger charge is 2.11. The van der Waals surface area contributed by atoms with Crippen molar-refractivity contribution in [2.75, 3.05) is 34.0 Å². The summed E-state index contributed by atoms with van der Waals surface area (Å²) in [6.07, 6.45) is 3.01. The van der Waals surface area contributed by atoms with Crippen LogP contribution in [0, 0.1) is 11.3 Å². The third-order valence-electron chi connectivity index (χ3n) is 4.55. The molecular formula is C25H30N2O5. The maximum atomic E-state index is 12.5. The summed E-state index contributed by atoms with van der Waals surface area (Å²) in [5, 5.41) is 12.3. The van der Waals surface area contributed by atoms with Crippen LogP contribution < -0.4 is 24.3 Å². The molecule has 1 N–H and O–H groups in total. The second-order valence-corrected chi connectivity index (χ2v) is 6.85. The van der Waals surface area contributed by atoms with Crippen molar-refractivity contribution >= 4 is 12.0 Å². The Morgan fingerprint density at radius 1 is 1.00 bits per heavy atom. The number of amides is 1. The van der Waals surface area contributed by atoms with E-state index in [1.807, 2.05) is 38.1 Å². The number of benzene rings is 2. The Kier molecular flexibility index (Phi) is 9.92. The largest absolute Gasteiger partial charge is 0.493 e. The standard InChI is InChI=1S/C25H30N2O5/c1-5-13-32-22-10-8-19(16-24(22)31-6-2)14-20(17-26)25(28)27-12-11-18-7-9-21(29-3)23(15-18)30-4/h7-10,14-16H,5-6,11-13H2,1-4H3,(H,27,28)/b20-14+. The van der Waals surface area contributed by atoms with E-state index in [2.05, 4.69) is 5.32 Å². The molecule has 0 atom stereocenters. The molecule has 1 amide bonds. The highest BCUT2D eigenvalue weighted by molar-refractivity contribution is 6.01. The van der Waals surface area contributed by atoms with Gasteiger partial charge in [-0.05, 0) is 61.2 Å². The molecular weight excluding hydrogens is 408 g/mol. The van der Waals surface area contributed by atoms with Crippen molar-refractivity contribution < 1.29 is 23.7 Å². The lowest BCUT2D eigenvalue weighted by Crippen LogP contribution is -2.26. The number of rotatable bonds is 12. The summed E-state index contributed by atoms with van der Waals surface area (Å²) in [5.41, 5.74) is 1.68. The summed E-state index contributed by atoms with van der Waals surface area (Å²) in [4.78, 5) is 12.5. The van der Waals surface area contributed by atoms with Crippen LogP contribution in [-0.4, -0.2) is 39.9 Å². The molecule has 0 bridgehead atoms. The maximum Gasteiger partial charge on any atom is 0.261 e. The molecule has 0 aromatic heterocycles. The normalized spacial score (nSPS) is 10.8. The van der Waals surface area contributed by atoms with Crippen LogP contribution in [-0.2, 0) is 11.2 Å². The number of nitrogens with zero attached hydrogens (tertiary/aromatic N) is 1.